The molecule has 1 atom stereocenters. The number of likely N-dealkylation sites (tertiary alicyclic amines) is 1. The van der Waals surface area contributed by atoms with Crippen LogP contribution in [0.2, 0.25) is 0 Å². The molecule has 0 saturated carbocycles. The van der Waals surface area contributed by atoms with Gasteiger partial charge in [0.05, 0.1) is 7.11 Å². The van der Waals surface area contributed by atoms with Gasteiger partial charge in [-0.25, -0.2) is 4.79 Å². The third kappa shape index (κ3) is 3.81. The van der Waals surface area contributed by atoms with E-state index in [-0.39, 0.29) is 5.97 Å². The minimum atomic E-state index is -0.323. The molecule has 1 aromatic rings. The minimum Gasteiger partial charge on any atom is -0.464 e. The quantitative estimate of drug-likeness (QED) is 0.763. The van der Waals surface area contributed by atoms with Crippen LogP contribution in [0.15, 0.2) is 12.1 Å². The molecular weight excluding hydrogens is 242 g/mol. The summed E-state index contributed by atoms with van der Waals surface area (Å²) in [6, 6.07) is 4.24. The first-order valence-corrected chi connectivity index (χ1v) is 6.91. The van der Waals surface area contributed by atoms with Crippen LogP contribution in [0, 0.1) is 0 Å². The van der Waals surface area contributed by atoms with Crippen LogP contribution in [-0.2, 0) is 11.3 Å². The smallest absolute Gasteiger partial charge is 0.354 e. The number of carbonyl (C=O) groups is 1. The van der Waals surface area contributed by atoms with E-state index in [4.69, 9.17) is 0 Å². The third-order valence-corrected chi connectivity index (χ3v) is 3.67. The first kappa shape index (κ1) is 14.1. The topological polar surface area (TPSA) is 57.4 Å². The third-order valence-electron chi connectivity index (χ3n) is 3.67. The lowest BCUT2D eigenvalue weighted by Gasteiger charge is -2.23. The van der Waals surface area contributed by atoms with Gasteiger partial charge in [0.25, 0.3) is 0 Å². The molecule has 0 spiro atoms. The van der Waals surface area contributed by atoms with Crippen molar-refractivity contribution in [3.63, 3.8) is 0 Å². The molecule has 1 saturated heterocycles. The fraction of sp³-hybridized carbons (Fsp3) is 0.643. The van der Waals surface area contributed by atoms with Gasteiger partial charge in [-0.1, -0.05) is 0 Å². The van der Waals surface area contributed by atoms with Crippen molar-refractivity contribution in [2.24, 2.45) is 0 Å². The molecule has 0 amide bonds. The second-order valence-corrected chi connectivity index (χ2v) is 5.11. The lowest BCUT2D eigenvalue weighted by atomic mass is 10.3. The number of H-pyrrole nitrogens is 1. The maximum Gasteiger partial charge on any atom is 0.354 e. The number of nitrogens with one attached hydrogen (secondary N) is 2. The molecule has 5 nitrogen and oxygen atoms in total. The van der Waals surface area contributed by atoms with Gasteiger partial charge in [0.2, 0.25) is 0 Å². The van der Waals surface area contributed by atoms with Crippen LogP contribution in [0.3, 0.4) is 0 Å². The van der Waals surface area contributed by atoms with Crippen molar-refractivity contribution in [1.29, 1.82) is 0 Å². The number of aromatic nitrogens is 1. The number of hydrogen-bond donors (Lipinski definition) is 2. The van der Waals surface area contributed by atoms with Gasteiger partial charge in [-0.15, -0.1) is 0 Å². The first-order valence-electron chi connectivity index (χ1n) is 6.91. The molecule has 1 unspecified atom stereocenters. The summed E-state index contributed by atoms with van der Waals surface area (Å²) in [5.74, 6) is -0.323. The molecule has 19 heavy (non-hydrogen) atoms. The Morgan fingerprint density at radius 2 is 2.21 bits per heavy atom. The standard InChI is InChI=1S/C14H23N3O2/c1-11(17-7-3-4-8-17)9-15-10-12-5-6-13(16-12)14(18)19-2/h5-6,11,15-16H,3-4,7-10H2,1-2H3. The van der Waals surface area contributed by atoms with Crippen LogP contribution in [-0.4, -0.2) is 48.6 Å². The number of esters is 1. The van der Waals surface area contributed by atoms with Gasteiger partial charge >= 0.3 is 5.97 Å². The number of aromatic amines is 1. The van der Waals surface area contributed by atoms with E-state index >= 15 is 0 Å². The van der Waals surface area contributed by atoms with Crippen molar-refractivity contribution in [3.05, 3.63) is 23.5 Å². The molecule has 0 radical (unpaired) electrons. The predicted octanol–water partition coefficient (Wildman–Crippen LogP) is 1.38. The predicted molar refractivity (Wildman–Crippen MR) is 74.1 cm³/mol. The fourth-order valence-electron chi connectivity index (χ4n) is 2.50. The number of hydrogen-bond acceptors (Lipinski definition) is 4. The van der Waals surface area contributed by atoms with Gasteiger partial charge in [0.15, 0.2) is 0 Å². The number of carbonyl (C=O) groups excluding carboxylic acids is 1. The molecule has 0 aliphatic carbocycles. The Hall–Kier alpha value is -1.33. The minimum absolute atomic E-state index is 0.323. The SMILES string of the molecule is COC(=O)c1ccc(CNCC(C)N2CCCC2)[nH]1. The Kier molecular flexibility index (Phi) is 4.99. The first-order chi connectivity index (χ1) is 9.20. The zero-order chi connectivity index (χ0) is 13.7. The molecule has 2 N–H and O–H groups in total. The maximum absolute atomic E-state index is 11.3. The molecule has 1 aliphatic rings. The van der Waals surface area contributed by atoms with Gasteiger partial charge in [-0.2, -0.15) is 0 Å². The summed E-state index contributed by atoms with van der Waals surface area (Å²) in [5, 5.41) is 3.42. The normalized spacial score (nSPS) is 17.6. The molecule has 1 aromatic heterocycles. The molecule has 1 aliphatic heterocycles. The Balaban J connectivity index is 1.73. The summed E-state index contributed by atoms with van der Waals surface area (Å²) in [7, 11) is 1.39. The highest BCUT2D eigenvalue weighted by Crippen LogP contribution is 2.11. The van der Waals surface area contributed by atoms with Crippen molar-refractivity contribution in [2.45, 2.75) is 32.4 Å². The van der Waals surface area contributed by atoms with Crippen molar-refractivity contribution in [3.8, 4) is 0 Å². The van der Waals surface area contributed by atoms with Crippen LogP contribution >= 0.6 is 0 Å². The molecule has 0 aromatic carbocycles. The summed E-state index contributed by atoms with van der Waals surface area (Å²) in [6.07, 6.45) is 2.65. The van der Waals surface area contributed by atoms with Crippen molar-refractivity contribution < 1.29 is 9.53 Å². The van der Waals surface area contributed by atoms with E-state index in [2.05, 4.69) is 26.9 Å². The lowest BCUT2D eigenvalue weighted by Crippen LogP contribution is -2.38. The summed E-state index contributed by atoms with van der Waals surface area (Å²) in [6.45, 7) is 6.41. The summed E-state index contributed by atoms with van der Waals surface area (Å²) in [5.41, 5.74) is 1.51. The fourth-order valence-corrected chi connectivity index (χ4v) is 2.50. The number of nitrogens with zero attached hydrogens (tertiary/aromatic N) is 1. The molecule has 5 heteroatoms. The average molecular weight is 265 g/mol. The highest BCUT2D eigenvalue weighted by Gasteiger charge is 2.17. The molecule has 106 valence electrons. The van der Waals surface area contributed by atoms with E-state index in [9.17, 15) is 4.79 Å². The monoisotopic (exact) mass is 265 g/mol. The van der Waals surface area contributed by atoms with Gasteiger partial charge in [0, 0.05) is 24.8 Å². The van der Waals surface area contributed by atoms with E-state index in [1.165, 1.54) is 33.0 Å². The molecule has 2 heterocycles. The average Bonchev–Trinajstić information content (AvgIpc) is 3.08. The lowest BCUT2D eigenvalue weighted by molar-refractivity contribution is 0.0594. The van der Waals surface area contributed by atoms with Crippen LogP contribution < -0.4 is 5.32 Å². The van der Waals surface area contributed by atoms with Gasteiger partial charge in [-0.05, 0) is 45.0 Å². The van der Waals surface area contributed by atoms with E-state index in [1.807, 2.05) is 6.07 Å². The number of rotatable bonds is 6. The molecule has 2 rings (SSSR count). The van der Waals surface area contributed by atoms with Crippen LogP contribution in [0.25, 0.3) is 0 Å². The highest BCUT2D eigenvalue weighted by atomic mass is 16.5. The second-order valence-electron chi connectivity index (χ2n) is 5.11. The van der Waals surface area contributed by atoms with Gasteiger partial charge in [0.1, 0.15) is 5.69 Å². The van der Waals surface area contributed by atoms with E-state index < -0.39 is 0 Å². The number of methoxy groups -OCH3 is 1. The molecule has 1 fully saturated rings. The van der Waals surface area contributed by atoms with Crippen molar-refractivity contribution in [2.75, 3.05) is 26.7 Å². The Morgan fingerprint density at radius 3 is 2.89 bits per heavy atom. The summed E-state index contributed by atoms with van der Waals surface area (Å²) in [4.78, 5) is 16.9. The zero-order valence-corrected chi connectivity index (χ0v) is 11.7. The molecule has 0 bridgehead atoms. The van der Waals surface area contributed by atoms with Crippen molar-refractivity contribution >= 4 is 5.97 Å². The molecular formula is C14H23N3O2. The summed E-state index contributed by atoms with van der Waals surface area (Å²) < 4.78 is 4.66. The van der Waals surface area contributed by atoms with E-state index in [0.29, 0.717) is 11.7 Å². The van der Waals surface area contributed by atoms with Gasteiger partial charge in [-0.3, -0.25) is 4.90 Å². The maximum atomic E-state index is 11.3. The summed E-state index contributed by atoms with van der Waals surface area (Å²) >= 11 is 0. The zero-order valence-electron chi connectivity index (χ0n) is 11.7. The van der Waals surface area contributed by atoms with Crippen LogP contribution in [0.1, 0.15) is 35.9 Å². The Labute approximate surface area is 114 Å². The van der Waals surface area contributed by atoms with Crippen LogP contribution in [0.4, 0.5) is 0 Å². The highest BCUT2D eigenvalue weighted by molar-refractivity contribution is 5.87. The van der Waals surface area contributed by atoms with Gasteiger partial charge < -0.3 is 15.0 Å². The van der Waals surface area contributed by atoms with Crippen LogP contribution in [0.5, 0.6) is 0 Å². The van der Waals surface area contributed by atoms with E-state index in [1.54, 1.807) is 6.07 Å². The Morgan fingerprint density at radius 1 is 1.47 bits per heavy atom. The second kappa shape index (κ2) is 6.73. The van der Waals surface area contributed by atoms with Crippen molar-refractivity contribution in [1.82, 2.24) is 15.2 Å². The van der Waals surface area contributed by atoms with E-state index in [0.717, 1.165) is 18.8 Å². The number of ether oxygens (including phenoxy) is 1. The Bertz CT molecular complexity index is 411. The largest absolute Gasteiger partial charge is 0.464 e.